The maximum Gasteiger partial charge on any atom is 0.254 e. The standard InChI is InChI=1S/C38H52N4O5/c1-7-14-33(43)35(37(46)40-23-25(2)3)39-24-34(44)32(21-28-15-10-8-11-16-28)41-36(45)30-19-26(4)20-31(22-30)38(47)42(6)27(5)29-17-12-9-13-18-29/h8-13,15-20,22,25,27,32-35,39,43-44H,7,14,21,23-24H2,1-6H3,(H,40,46)(H,41,45)/t27-,32+,33+,34-,35+/m1/s1. The number of aryl methyl sites for hydroxylation is 1. The van der Waals surface area contributed by atoms with E-state index in [0.717, 1.165) is 16.7 Å². The first-order chi connectivity index (χ1) is 22.4. The van der Waals surface area contributed by atoms with Crippen LogP contribution in [0.3, 0.4) is 0 Å². The van der Waals surface area contributed by atoms with Gasteiger partial charge in [-0.15, -0.1) is 0 Å². The zero-order valence-electron chi connectivity index (χ0n) is 28.6. The lowest BCUT2D eigenvalue weighted by Crippen LogP contribution is -2.56. The van der Waals surface area contributed by atoms with E-state index in [1.54, 1.807) is 30.1 Å². The van der Waals surface area contributed by atoms with Gasteiger partial charge in [-0.2, -0.15) is 0 Å². The van der Waals surface area contributed by atoms with Gasteiger partial charge in [0, 0.05) is 31.3 Å². The van der Waals surface area contributed by atoms with E-state index in [9.17, 15) is 24.6 Å². The number of benzene rings is 3. The molecule has 0 aliphatic rings. The summed E-state index contributed by atoms with van der Waals surface area (Å²) >= 11 is 0. The summed E-state index contributed by atoms with van der Waals surface area (Å²) in [5.41, 5.74) is 3.36. The number of hydrogen-bond donors (Lipinski definition) is 5. The molecule has 3 aromatic rings. The van der Waals surface area contributed by atoms with Gasteiger partial charge in [0.05, 0.1) is 24.3 Å². The fourth-order valence-corrected chi connectivity index (χ4v) is 5.45. The van der Waals surface area contributed by atoms with Crippen molar-refractivity contribution in [1.82, 2.24) is 20.9 Å². The Labute approximate surface area is 279 Å². The minimum Gasteiger partial charge on any atom is -0.391 e. The molecule has 3 amide bonds. The third-order valence-electron chi connectivity index (χ3n) is 8.33. The molecule has 0 spiro atoms. The fourth-order valence-electron chi connectivity index (χ4n) is 5.45. The van der Waals surface area contributed by atoms with Gasteiger partial charge in [0.1, 0.15) is 6.04 Å². The summed E-state index contributed by atoms with van der Waals surface area (Å²) in [6.07, 6.45) is -0.606. The Balaban J connectivity index is 1.81. The van der Waals surface area contributed by atoms with Crippen LogP contribution in [-0.4, -0.2) is 77.3 Å². The smallest absolute Gasteiger partial charge is 0.254 e. The van der Waals surface area contributed by atoms with Crippen LogP contribution in [0.2, 0.25) is 0 Å². The van der Waals surface area contributed by atoms with E-state index in [2.05, 4.69) is 16.0 Å². The molecule has 0 saturated heterocycles. The van der Waals surface area contributed by atoms with Crippen molar-refractivity contribution in [2.75, 3.05) is 20.1 Å². The molecule has 0 fully saturated rings. The first kappa shape index (κ1) is 37.4. The number of nitrogens with zero attached hydrogens (tertiary/aromatic N) is 1. The second-order valence-corrected chi connectivity index (χ2v) is 12.8. The van der Waals surface area contributed by atoms with Crippen LogP contribution in [0.5, 0.6) is 0 Å². The quantitative estimate of drug-likeness (QED) is 0.148. The Morgan fingerprint density at radius 3 is 2.06 bits per heavy atom. The van der Waals surface area contributed by atoms with Gasteiger partial charge in [0.25, 0.3) is 11.8 Å². The number of amides is 3. The van der Waals surface area contributed by atoms with E-state index in [1.807, 2.05) is 95.3 Å². The van der Waals surface area contributed by atoms with Crippen LogP contribution in [0, 0.1) is 12.8 Å². The molecular weight excluding hydrogens is 592 g/mol. The van der Waals surface area contributed by atoms with E-state index in [-0.39, 0.29) is 30.3 Å². The van der Waals surface area contributed by atoms with Gasteiger partial charge in [0.15, 0.2) is 0 Å². The summed E-state index contributed by atoms with van der Waals surface area (Å²) in [6, 6.07) is 22.5. The van der Waals surface area contributed by atoms with E-state index >= 15 is 0 Å². The average molecular weight is 645 g/mol. The van der Waals surface area contributed by atoms with Crippen molar-refractivity contribution in [3.05, 3.63) is 107 Å². The largest absolute Gasteiger partial charge is 0.391 e. The number of aliphatic hydroxyl groups excluding tert-OH is 2. The van der Waals surface area contributed by atoms with Gasteiger partial charge >= 0.3 is 0 Å². The van der Waals surface area contributed by atoms with Crippen molar-refractivity contribution >= 4 is 17.7 Å². The lowest BCUT2D eigenvalue weighted by atomic mass is 9.98. The zero-order valence-corrected chi connectivity index (χ0v) is 28.6. The van der Waals surface area contributed by atoms with Crippen LogP contribution < -0.4 is 16.0 Å². The van der Waals surface area contributed by atoms with Crippen molar-refractivity contribution < 1.29 is 24.6 Å². The van der Waals surface area contributed by atoms with Crippen LogP contribution in [-0.2, 0) is 11.2 Å². The summed E-state index contributed by atoms with van der Waals surface area (Å²) in [5.74, 6) is -0.738. The predicted molar refractivity (Wildman–Crippen MR) is 186 cm³/mol. The van der Waals surface area contributed by atoms with Gasteiger partial charge in [-0.1, -0.05) is 87.9 Å². The molecule has 0 aliphatic carbocycles. The summed E-state index contributed by atoms with van der Waals surface area (Å²) in [7, 11) is 1.75. The molecule has 0 unspecified atom stereocenters. The second kappa shape index (κ2) is 18.3. The summed E-state index contributed by atoms with van der Waals surface area (Å²) in [6.45, 7) is 10.1. The summed E-state index contributed by atoms with van der Waals surface area (Å²) < 4.78 is 0. The highest BCUT2D eigenvalue weighted by Gasteiger charge is 2.29. The van der Waals surface area contributed by atoms with E-state index in [0.29, 0.717) is 36.9 Å². The highest BCUT2D eigenvalue weighted by molar-refractivity contribution is 6.00. The second-order valence-electron chi connectivity index (χ2n) is 12.8. The van der Waals surface area contributed by atoms with Crippen LogP contribution in [0.15, 0.2) is 78.9 Å². The van der Waals surface area contributed by atoms with Crippen molar-refractivity contribution in [2.24, 2.45) is 5.92 Å². The van der Waals surface area contributed by atoms with Gasteiger partial charge in [-0.3, -0.25) is 14.4 Å². The maximum atomic E-state index is 13.7. The molecule has 9 nitrogen and oxygen atoms in total. The van der Waals surface area contributed by atoms with Crippen LogP contribution >= 0.6 is 0 Å². The zero-order chi connectivity index (χ0) is 34.5. The molecular formula is C38H52N4O5. The monoisotopic (exact) mass is 644 g/mol. The number of carbonyl (C=O) groups excluding carboxylic acids is 3. The molecule has 0 saturated carbocycles. The van der Waals surface area contributed by atoms with Crippen molar-refractivity contribution in [2.45, 2.75) is 84.2 Å². The number of aliphatic hydroxyl groups is 2. The highest BCUT2D eigenvalue weighted by atomic mass is 16.3. The molecule has 5 atom stereocenters. The minimum atomic E-state index is -1.10. The molecule has 47 heavy (non-hydrogen) atoms. The number of nitrogens with one attached hydrogen (secondary N) is 3. The van der Waals surface area contributed by atoms with E-state index in [4.69, 9.17) is 0 Å². The normalized spacial score (nSPS) is 14.5. The average Bonchev–Trinajstić information content (AvgIpc) is 3.06. The molecule has 3 rings (SSSR count). The molecule has 0 bridgehead atoms. The molecule has 0 aliphatic heterocycles. The molecule has 0 aromatic heterocycles. The topological polar surface area (TPSA) is 131 Å². The number of hydrogen-bond acceptors (Lipinski definition) is 6. The molecule has 3 aromatic carbocycles. The van der Waals surface area contributed by atoms with Crippen LogP contribution in [0.1, 0.15) is 84.0 Å². The molecule has 5 N–H and O–H groups in total. The lowest BCUT2D eigenvalue weighted by molar-refractivity contribution is -0.126. The Hall–Kier alpha value is -4.05. The molecule has 254 valence electrons. The van der Waals surface area contributed by atoms with Gasteiger partial charge in [-0.05, 0) is 67.5 Å². The van der Waals surface area contributed by atoms with Crippen molar-refractivity contribution in [3.8, 4) is 0 Å². The Morgan fingerprint density at radius 2 is 1.45 bits per heavy atom. The summed E-state index contributed by atoms with van der Waals surface area (Å²) in [4.78, 5) is 41.9. The van der Waals surface area contributed by atoms with Crippen LogP contribution in [0.4, 0.5) is 0 Å². The van der Waals surface area contributed by atoms with Gasteiger partial charge in [-0.25, -0.2) is 0 Å². The number of carbonyl (C=O) groups is 3. The molecule has 9 heteroatoms. The third kappa shape index (κ3) is 11.3. The SMILES string of the molecule is CCC[C@H](O)[C@H](NC[C@@H](O)[C@H](Cc1ccccc1)NC(=O)c1cc(C)cc(C(=O)N(C)[C@H](C)c2ccccc2)c1)C(=O)NCC(C)C. The minimum absolute atomic E-state index is 0.0436. The van der Waals surface area contributed by atoms with Crippen molar-refractivity contribution in [3.63, 3.8) is 0 Å². The van der Waals surface area contributed by atoms with Crippen LogP contribution in [0.25, 0.3) is 0 Å². The van der Waals surface area contributed by atoms with Gasteiger partial charge < -0.3 is 31.1 Å². The molecule has 0 heterocycles. The van der Waals surface area contributed by atoms with E-state index < -0.39 is 30.2 Å². The van der Waals surface area contributed by atoms with Gasteiger partial charge in [0.2, 0.25) is 5.91 Å². The summed E-state index contributed by atoms with van der Waals surface area (Å²) in [5, 5.41) is 31.1. The fraction of sp³-hybridized carbons (Fsp3) is 0.447. The lowest BCUT2D eigenvalue weighted by Gasteiger charge is -2.29. The predicted octanol–water partition coefficient (Wildman–Crippen LogP) is 4.42. The maximum absolute atomic E-state index is 13.7. The highest BCUT2D eigenvalue weighted by Crippen LogP contribution is 2.22. The Bertz CT molecular complexity index is 1430. The Kier molecular flexibility index (Phi) is 14.6. The third-order valence-corrected chi connectivity index (χ3v) is 8.33. The first-order valence-electron chi connectivity index (χ1n) is 16.6. The molecule has 0 radical (unpaired) electrons. The van der Waals surface area contributed by atoms with E-state index in [1.165, 1.54) is 0 Å². The van der Waals surface area contributed by atoms with Crippen molar-refractivity contribution in [1.29, 1.82) is 0 Å². The Morgan fingerprint density at radius 1 is 0.830 bits per heavy atom. The first-order valence-corrected chi connectivity index (χ1v) is 16.6. The number of rotatable bonds is 17.